The topological polar surface area (TPSA) is 203 Å². The molecule has 172 valence electrons. The average molecular weight is 570 g/mol. The molecule has 0 saturated heterocycles. The van der Waals surface area contributed by atoms with E-state index in [-0.39, 0.29) is 18.6 Å². The Bertz CT molecular complexity index is 782. The van der Waals surface area contributed by atoms with Gasteiger partial charge in [0.15, 0.2) is 5.56 Å². The van der Waals surface area contributed by atoms with E-state index >= 15 is 0 Å². The number of nitrogens with one attached hydrogen (secondary N) is 2. The molecule has 1 aromatic carbocycles. The van der Waals surface area contributed by atoms with Crippen molar-refractivity contribution >= 4 is 63.8 Å². The smallest absolute Gasteiger partial charge is 0.322 e. The standard InChI is InChI=1S/C17H23IN4O8S/c18-9-1-3-10(4-2-9)22(30)17(29)31-8-12(15(26)20-7-14(24)25)21-13(23)6-5-11(19)16(27)28/h1-4,11-12,17,29-30H,5-8,19H2,(H,20,26)(H,21,23)(H,24,25)(H,27,28)/t11-,12+,17-/m0/s1. The number of nitrogens with two attached hydrogens (primary N) is 1. The van der Waals surface area contributed by atoms with Crippen LogP contribution in [0.4, 0.5) is 5.69 Å². The van der Waals surface area contributed by atoms with Crippen LogP contribution in [0.5, 0.6) is 0 Å². The monoisotopic (exact) mass is 570 g/mol. The van der Waals surface area contributed by atoms with Crippen LogP contribution < -0.4 is 21.4 Å². The quantitative estimate of drug-likeness (QED) is 0.0905. The summed E-state index contributed by atoms with van der Waals surface area (Å²) in [4.78, 5) is 45.7. The molecule has 12 nitrogen and oxygen atoms in total. The molecule has 14 heteroatoms. The minimum Gasteiger partial charge on any atom is -0.480 e. The summed E-state index contributed by atoms with van der Waals surface area (Å²) in [6, 6.07) is 4.05. The van der Waals surface area contributed by atoms with Gasteiger partial charge in [0.05, 0.1) is 5.69 Å². The van der Waals surface area contributed by atoms with Crippen molar-refractivity contribution in [3.8, 4) is 0 Å². The summed E-state index contributed by atoms with van der Waals surface area (Å²) >= 11 is 2.79. The Hall–Kier alpha value is -2.14. The molecule has 0 fully saturated rings. The summed E-state index contributed by atoms with van der Waals surface area (Å²) in [6.07, 6.45) is -0.449. The number of hydroxylamine groups is 1. The van der Waals surface area contributed by atoms with Crippen LogP contribution in [0.15, 0.2) is 24.3 Å². The number of carboxylic acids is 2. The molecule has 0 saturated carbocycles. The highest BCUT2D eigenvalue weighted by Gasteiger charge is 2.25. The number of halogens is 1. The average Bonchev–Trinajstić information content (AvgIpc) is 2.72. The third-order valence-electron chi connectivity index (χ3n) is 3.78. The zero-order valence-electron chi connectivity index (χ0n) is 16.1. The number of carbonyl (C=O) groups excluding carboxylic acids is 2. The van der Waals surface area contributed by atoms with Crippen LogP contribution >= 0.6 is 34.4 Å². The van der Waals surface area contributed by atoms with E-state index in [4.69, 9.17) is 15.9 Å². The van der Waals surface area contributed by atoms with Crippen molar-refractivity contribution in [3.05, 3.63) is 27.8 Å². The first-order chi connectivity index (χ1) is 14.5. The summed E-state index contributed by atoms with van der Waals surface area (Å²) in [5.74, 6) is -4.29. The molecule has 0 aliphatic rings. The molecule has 0 aromatic heterocycles. The SMILES string of the molecule is N[C@@H](CCC(=O)N[C@H](CS[C@H](O)N(O)c1ccc(I)cc1)C(=O)NCC(=O)O)C(=O)O. The number of amides is 2. The number of anilines is 1. The van der Waals surface area contributed by atoms with Crippen molar-refractivity contribution in [2.75, 3.05) is 17.4 Å². The van der Waals surface area contributed by atoms with Crippen molar-refractivity contribution in [3.63, 3.8) is 0 Å². The maximum atomic E-state index is 12.2. The van der Waals surface area contributed by atoms with Gasteiger partial charge in [-0.3, -0.25) is 24.4 Å². The molecule has 31 heavy (non-hydrogen) atoms. The summed E-state index contributed by atoms with van der Waals surface area (Å²) in [7, 11) is 0. The number of aliphatic hydroxyl groups is 1. The molecule has 1 aromatic rings. The Morgan fingerprint density at radius 1 is 1.16 bits per heavy atom. The molecule has 2 amide bonds. The van der Waals surface area contributed by atoms with Gasteiger partial charge in [-0.15, -0.1) is 11.8 Å². The van der Waals surface area contributed by atoms with E-state index in [2.05, 4.69) is 33.2 Å². The van der Waals surface area contributed by atoms with Crippen molar-refractivity contribution in [2.45, 2.75) is 30.5 Å². The Morgan fingerprint density at radius 2 is 1.77 bits per heavy atom. The van der Waals surface area contributed by atoms with Gasteiger partial charge in [-0.25, -0.2) is 5.06 Å². The highest BCUT2D eigenvalue weighted by atomic mass is 127. The summed E-state index contributed by atoms with van der Waals surface area (Å²) in [6.45, 7) is -0.683. The lowest BCUT2D eigenvalue weighted by atomic mass is 10.1. The second-order valence-corrected chi connectivity index (χ2v) is 8.53. The van der Waals surface area contributed by atoms with Crippen LogP contribution in [-0.4, -0.2) is 74.2 Å². The van der Waals surface area contributed by atoms with Crippen LogP contribution in [0.25, 0.3) is 0 Å². The third-order valence-corrected chi connectivity index (χ3v) is 5.52. The van der Waals surface area contributed by atoms with Gasteiger partial charge in [-0.05, 0) is 53.3 Å². The van der Waals surface area contributed by atoms with Gasteiger partial charge in [0, 0.05) is 15.7 Å². The van der Waals surface area contributed by atoms with Crippen molar-refractivity contribution in [1.82, 2.24) is 10.6 Å². The molecule has 1 rings (SSSR count). The highest BCUT2D eigenvalue weighted by molar-refractivity contribution is 14.1. The van der Waals surface area contributed by atoms with Crippen LogP contribution in [0.2, 0.25) is 0 Å². The van der Waals surface area contributed by atoms with E-state index in [1.807, 2.05) is 0 Å². The first kappa shape index (κ1) is 26.9. The highest BCUT2D eigenvalue weighted by Crippen LogP contribution is 2.21. The number of rotatable bonds is 13. The lowest BCUT2D eigenvalue weighted by molar-refractivity contribution is -0.139. The van der Waals surface area contributed by atoms with Crippen molar-refractivity contribution in [1.29, 1.82) is 0 Å². The Kier molecular flexibility index (Phi) is 11.5. The Labute approximate surface area is 195 Å². The molecular formula is C17H23IN4O8S. The van der Waals surface area contributed by atoms with Crippen molar-refractivity contribution < 1.29 is 39.7 Å². The number of hydrogen-bond acceptors (Lipinski definition) is 9. The van der Waals surface area contributed by atoms with E-state index in [1.165, 1.54) is 0 Å². The predicted molar refractivity (Wildman–Crippen MR) is 119 cm³/mol. The second-order valence-electron chi connectivity index (χ2n) is 6.20. The zero-order chi connectivity index (χ0) is 23.6. The maximum absolute atomic E-state index is 12.2. The fourth-order valence-electron chi connectivity index (χ4n) is 2.12. The lowest BCUT2D eigenvalue weighted by Crippen LogP contribution is -2.50. The summed E-state index contributed by atoms with van der Waals surface area (Å²) in [5, 5.41) is 42.8. The Morgan fingerprint density at radius 3 is 2.32 bits per heavy atom. The predicted octanol–water partition coefficient (Wildman–Crippen LogP) is -0.626. The number of aliphatic carboxylic acids is 2. The number of nitrogens with zero attached hydrogens (tertiary/aromatic N) is 1. The molecule has 0 aliphatic carbocycles. The molecule has 3 atom stereocenters. The van der Waals surface area contributed by atoms with Gasteiger partial charge in [0.1, 0.15) is 18.6 Å². The normalized spacial score (nSPS) is 13.5. The van der Waals surface area contributed by atoms with E-state index in [1.54, 1.807) is 24.3 Å². The zero-order valence-corrected chi connectivity index (χ0v) is 19.1. The minimum absolute atomic E-state index is 0.169. The second kappa shape index (κ2) is 13.3. The first-order valence-corrected chi connectivity index (χ1v) is 10.9. The number of carbonyl (C=O) groups is 4. The van der Waals surface area contributed by atoms with Gasteiger partial charge in [-0.2, -0.15) is 0 Å². The fraction of sp³-hybridized carbons (Fsp3) is 0.412. The van der Waals surface area contributed by atoms with E-state index in [0.29, 0.717) is 22.5 Å². The molecule has 0 spiro atoms. The first-order valence-electron chi connectivity index (χ1n) is 8.81. The van der Waals surface area contributed by atoms with Crippen LogP contribution in [0.3, 0.4) is 0 Å². The van der Waals surface area contributed by atoms with Crippen LogP contribution in [0.1, 0.15) is 12.8 Å². The Balaban J connectivity index is 2.72. The molecule has 0 heterocycles. The van der Waals surface area contributed by atoms with Crippen LogP contribution in [0, 0.1) is 3.57 Å². The summed E-state index contributed by atoms with van der Waals surface area (Å²) in [5.41, 5.74) is 4.13. The third kappa shape index (κ3) is 10.1. The number of carboxylic acid groups (broad SMARTS) is 2. The van der Waals surface area contributed by atoms with E-state index in [0.717, 1.165) is 3.57 Å². The van der Waals surface area contributed by atoms with Gasteiger partial charge in [-0.1, -0.05) is 0 Å². The fourth-order valence-corrected chi connectivity index (χ4v) is 3.34. The lowest BCUT2D eigenvalue weighted by Gasteiger charge is -2.25. The molecule has 0 aliphatic heterocycles. The molecule has 0 bridgehead atoms. The molecule has 0 radical (unpaired) electrons. The molecular weight excluding hydrogens is 547 g/mol. The maximum Gasteiger partial charge on any atom is 0.322 e. The molecule has 0 unspecified atom stereocenters. The van der Waals surface area contributed by atoms with Gasteiger partial charge in [0.2, 0.25) is 11.8 Å². The van der Waals surface area contributed by atoms with Gasteiger partial charge >= 0.3 is 11.9 Å². The van der Waals surface area contributed by atoms with Crippen LogP contribution in [-0.2, 0) is 19.2 Å². The number of hydrogen-bond donors (Lipinski definition) is 7. The number of thioether (sulfide) groups is 1. The van der Waals surface area contributed by atoms with Crippen molar-refractivity contribution in [2.24, 2.45) is 5.73 Å². The summed E-state index contributed by atoms with van der Waals surface area (Å²) < 4.78 is 0.914. The largest absolute Gasteiger partial charge is 0.480 e. The van der Waals surface area contributed by atoms with Gasteiger partial charge < -0.3 is 31.7 Å². The van der Waals surface area contributed by atoms with Gasteiger partial charge in [0.25, 0.3) is 0 Å². The number of aliphatic hydroxyl groups excluding tert-OH is 1. The molecule has 8 N–H and O–H groups in total. The number of benzene rings is 1. The van der Waals surface area contributed by atoms with E-state index < -0.39 is 47.9 Å². The van der Waals surface area contributed by atoms with E-state index in [9.17, 15) is 29.5 Å². The minimum atomic E-state index is -1.49.